The van der Waals surface area contributed by atoms with Crippen LogP contribution in [0.3, 0.4) is 0 Å². The molecule has 1 N–H and O–H groups in total. The van der Waals surface area contributed by atoms with Gasteiger partial charge in [0.15, 0.2) is 0 Å². The van der Waals surface area contributed by atoms with Gasteiger partial charge in [-0.15, -0.1) is 11.8 Å². The van der Waals surface area contributed by atoms with Crippen molar-refractivity contribution in [2.75, 3.05) is 11.1 Å². The van der Waals surface area contributed by atoms with Crippen LogP contribution in [0, 0.1) is 0 Å². The van der Waals surface area contributed by atoms with Crippen LogP contribution < -0.4 is 5.32 Å². The van der Waals surface area contributed by atoms with Gasteiger partial charge in [-0.3, -0.25) is 4.79 Å². The van der Waals surface area contributed by atoms with Gasteiger partial charge in [0.2, 0.25) is 5.91 Å². The van der Waals surface area contributed by atoms with Crippen LogP contribution in [0.15, 0.2) is 66.1 Å². The normalized spacial score (nSPS) is 10.5. The fourth-order valence-electron chi connectivity index (χ4n) is 1.92. The topological polar surface area (TPSA) is 59.8 Å². The molecule has 0 atom stereocenters. The first kappa shape index (κ1) is 15.6. The molecule has 0 fully saturated rings. The highest BCUT2D eigenvalue weighted by Gasteiger charge is 2.04. The van der Waals surface area contributed by atoms with Gasteiger partial charge >= 0.3 is 0 Å². The molecule has 116 valence electrons. The van der Waals surface area contributed by atoms with Gasteiger partial charge < -0.3 is 5.32 Å². The highest BCUT2D eigenvalue weighted by atomic mass is 35.5. The summed E-state index contributed by atoms with van der Waals surface area (Å²) >= 11 is 7.30. The van der Waals surface area contributed by atoms with E-state index in [1.54, 1.807) is 11.0 Å². The Balaban J connectivity index is 1.54. The Labute approximate surface area is 142 Å². The SMILES string of the molecule is O=C(CSc1ccc(Cl)cc1)Nc1ccc(-n2cncn2)cc1. The maximum absolute atomic E-state index is 12.0. The van der Waals surface area contributed by atoms with E-state index < -0.39 is 0 Å². The van der Waals surface area contributed by atoms with Crippen LogP contribution in [0.2, 0.25) is 5.02 Å². The van der Waals surface area contributed by atoms with Gasteiger partial charge in [0, 0.05) is 15.6 Å². The zero-order chi connectivity index (χ0) is 16.1. The zero-order valence-corrected chi connectivity index (χ0v) is 13.6. The number of halogens is 1. The second-order valence-electron chi connectivity index (χ2n) is 4.68. The van der Waals surface area contributed by atoms with Gasteiger partial charge in [-0.1, -0.05) is 11.6 Å². The number of rotatable bonds is 5. The first-order valence-corrected chi connectivity index (χ1v) is 8.20. The average molecular weight is 345 g/mol. The number of thioether (sulfide) groups is 1. The van der Waals surface area contributed by atoms with E-state index in [1.807, 2.05) is 48.5 Å². The van der Waals surface area contributed by atoms with Crippen molar-refractivity contribution >= 4 is 35.0 Å². The number of carbonyl (C=O) groups excluding carboxylic acids is 1. The Morgan fingerprint density at radius 1 is 1.13 bits per heavy atom. The molecule has 1 heterocycles. The molecular formula is C16H13ClN4OS. The predicted octanol–water partition coefficient (Wildman–Crippen LogP) is 3.65. The summed E-state index contributed by atoms with van der Waals surface area (Å²) in [6.07, 6.45) is 3.10. The van der Waals surface area contributed by atoms with Gasteiger partial charge in [0.25, 0.3) is 0 Å². The third-order valence-corrected chi connectivity index (χ3v) is 4.28. The zero-order valence-electron chi connectivity index (χ0n) is 12.0. The molecule has 1 aromatic heterocycles. The predicted molar refractivity (Wildman–Crippen MR) is 92.2 cm³/mol. The summed E-state index contributed by atoms with van der Waals surface area (Å²) in [5.74, 6) is 0.283. The Kier molecular flexibility index (Phi) is 4.95. The van der Waals surface area contributed by atoms with Gasteiger partial charge in [-0.05, 0) is 48.5 Å². The summed E-state index contributed by atoms with van der Waals surface area (Å²) < 4.78 is 1.65. The van der Waals surface area contributed by atoms with Crippen molar-refractivity contribution in [3.05, 3.63) is 66.2 Å². The van der Waals surface area contributed by atoms with Gasteiger partial charge in [0.1, 0.15) is 12.7 Å². The lowest BCUT2D eigenvalue weighted by atomic mass is 10.3. The molecule has 7 heteroatoms. The van der Waals surface area contributed by atoms with Crippen LogP contribution in [0.25, 0.3) is 5.69 Å². The highest BCUT2D eigenvalue weighted by molar-refractivity contribution is 8.00. The smallest absolute Gasteiger partial charge is 0.234 e. The second-order valence-corrected chi connectivity index (χ2v) is 6.16. The standard InChI is InChI=1S/C16H13ClN4OS/c17-12-1-7-15(8-2-12)23-9-16(22)20-13-3-5-14(6-4-13)21-11-18-10-19-21/h1-8,10-11H,9H2,(H,20,22). The lowest BCUT2D eigenvalue weighted by Gasteiger charge is -2.06. The number of aromatic nitrogens is 3. The third kappa shape index (κ3) is 4.34. The molecule has 0 spiro atoms. The molecule has 5 nitrogen and oxygen atoms in total. The quantitative estimate of drug-likeness (QED) is 0.718. The highest BCUT2D eigenvalue weighted by Crippen LogP contribution is 2.20. The summed E-state index contributed by atoms with van der Waals surface area (Å²) in [5.41, 5.74) is 1.63. The van der Waals surface area contributed by atoms with Crippen molar-refractivity contribution in [3.8, 4) is 5.69 Å². The molecule has 0 radical (unpaired) electrons. The minimum atomic E-state index is -0.0570. The molecule has 3 aromatic rings. The lowest BCUT2D eigenvalue weighted by molar-refractivity contribution is -0.113. The fourth-order valence-corrected chi connectivity index (χ4v) is 2.74. The van der Waals surface area contributed by atoms with Crippen molar-refractivity contribution in [1.82, 2.24) is 14.8 Å². The number of anilines is 1. The van der Waals surface area contributed by atoms with Crippen molar-refractivity contribution in [2.24, 2.45) is 0 Å². The monoisotopic (exact) mass is 344 g/mol. The molecular weight excluding hydrogens is 332 g/mol. The summed E-state index contributed by atoms with van der Waals surface area (Å²) in [5, 5.41) is 7.60. The van der Waals surface area contributed by atoms with Crippen LogP contribution in [-0.4, -0.2) is 26.4 Å². The number of hydrogen-bond acceptors (Lipinski definition) is 4. The van der Waals surface area contributed by atoms with E-state index in [2.05, 4.69) is 15.4 Å². The van der Waals surface area contributed by atoms with Gasteiger partial charge in [-0.2, -0.15) is 5.10 Å². The first-order valence-electron chi connectivity index (χ1n) is 6.84. The van der Waals surface area contributed by atoms with E-state index in [4.69, 9.17) is 11.6 Å². The maximum atomic E-state index is 12.0. The molecule has 0 saturated carbocycles. The van der Waals surface area contributed by atoms with E-state index in [-0.39, 0.29) is 5.91 Å². The van der Waals surface area contributed by atoms with E-state index in [0.717, 1.165) is 16.3 Å². The van der Waals surface area contributed by atoms with Gasteiger partial charge in [0.05, 0.1) is 11.4 Å². The van der Waals surface area contributed by atoms with Crippen LogP contribution in [0.4, 0.5) is 5.69 Å². The van der Waals surface area contributed by atoms with Crippen LogP contribution >= 0.6 is 23.4 Å². The minimum Gasteiger partial charge on any atom is -0.325 e. The van der Waals surface area contributed by atoms with E-state index in [1.165, 1.54) is 18.1 Å². The average Bonchev–Trinajstić information content (AvgIpc) is 3.09. The molecule has 0 aliphatic heterocycles. The summed E-state index contributed by atoms with van der Waals surface area (Å²) in [6.45, 7) is 0. The maximum Gasteiger partial charge on any atom is 0.234 e. The number of nitrogens with zero attached hydrogens (tertiary/aromatic N) is 3. The molecule has 3 rings (SSSR count). The number of benzene rings is 2. The Morgan fingerprint density at radius 3 is 2.52 bits per heavy atom. The summed E-state index contributed by atoms with van der Waals surface area (Å²) in [4.78, 5) is 16.9. The Morgan fingerprint density at radius 2 is 1.87 bits per heavy atom. The molecule has 2 aromatic carbocycles. The minimum absolute atomic E-state index is 0.0570. The number of hydrogen-bond donors (Lipinski definition) is 1. The summed E-state index contributed by atoms with van der Waals surface area (Å²) in [7, 11) is 0. The fraction of sp³-hybridized carbons (Fsp3) is 0.0625. The summed E-state index contributed by atoms with van der Waals surface area (Å²) in [6, 6.07) is 14.8. The molecule has 0 unspecified atom stereocenters. The Bertz CT molecular complexity index is 773. The van der Waals surface area contributed by atoms with Crippen LogP contribution in [-0.2, 0) is 4.79 Å². The van der Waals surface area contributed by atoms with Crippen molar-refractivity contribution in [1.29, 1.82) is 0 Å². The molecule has 23 heavy (non-hydrogen) atoms. The van der Waals surface area contributed by atoms with Crippen molar-refractivity contribution in [2.45, 2.75) is 4.90 Å². The molecule has 0 saturated heterocycles. The number of carbonyl (C=O) groups is 1. The van der Waals surface area contributed by atoms with Gasteiger partial charge in [-0.25, -0.2) is 9.67 Å². The van der Waals surface area contributed by atoms with Crippen LogP contribution in [0.5, 0.6) is 0 Å². The largest absolute Gasteiger partial charge is 0.325 e. The van der Waals surface area contributed by atoms with Crippen molar-refractivity contribution < 1.29 is 4.79 Å². The Hall–Kier alpha value is -2.31. The third-order valence-electron chi connectivity index (χ3n) is 3.02. The molecule has 0 bridgehead atoms. The van der Waals surface area contributed by atoms with Crippen molar-refractivity contribution in [3.63, 3.8) is 0 Å². The number of amides is 1. The first-order chi connectivity index (χ1) is 11.2. The molecule has 1 amide bonds. The molecule has 0 aliphatic rings. The van der Waals surface area contributed by atoms with Crippen LogP contribution in [0.1, 0.15) is 0 Å². The van der Waals surface area contributed by atoms with E-state index in [0.29, 0.717) is 10.8 Å². The second kappa shape index (κ2) is 7.30. The molecule has 0 aliphatic carbocycles. The van der Waals surface area contributed by atoms with E-state index in [9.17, 15) is 4.79 Å². The lowest BCUT2D eigenvalue weighted by Crippen LogP contribution is -2.13. The number of nitrogens with one attached hydrogen (secondary N) is 1. The van der Waals surface area contributed by atoms with E-state index >= 15 is 0 Å².